The highest BCUT2D eigenvalue weighted by molar-refractivity contribution is 5.92. The maximum atomic E-state index is 13.2. The number of carboxylic acid groups (broad SMARTS) is 1. The molecule has 1 aromatic carbocycles. The number of carboxylic acids is 1. The molecule has 1 aliphatic rings. The van der Waals surface area contributed by atoms with E-state index in [2.05, 4.69) is 15.6 Å². The average Bonchev–Trinajstić information content (AvgIpc) is 3.16. The predicted molar refractivity (Wildman–Crippen MR) is 86.4 cm³/mol. The van der Waals surface area contributed by atoms with Gasteiger partial charge in [0.05, 0.1) is 24.7 Å². The van der Waals surface area contributed by atoms with Crippen LogP contribution in [-0.2, 0) is 11.3 Å². The predicted octanol–water partition coefficient (Wildman–Crippen LogP) is 1.98. The van der Waals surface area contributed by atoms with E-state index in [0.717, 1.165) is 12.8 Å². The van der Waals surface area contributed by atoms with Gasteiger partial charge in [-0.2, -0.15) is 0 Å². The molecule has 1 amide bonds. The summed E-state index contributed by atoms with van der Waals surface area (Å²) in [6.45, 7) is 0.290. The van der Waals surface area contributed by atoms with Crippen molar-refractivity contribution in [1.29, 1.82) is 0 Å². The number of nitrogens with one attached hydrogen (secondary N) is 1. The zero-order valence-corrected chi connectivity index (χ0v) is 13.6. The van der Waals surface area contributed by atoms with Gasteiger partial charge in [-0.3, -0.25) is 9.59 Å². The standard InChI is InChI=1S/C17H19FN4O3/c18-13-5-3-4-12(8-13)10-22-11-14(20-21-22)16(25)19-17(9-15(23)24)6-1-2-7-17/h3-5,8,11H,1-2,6-7,9-10H2,(H,19,25)(H,23,24). The molecule has 0 saturated heterocycles. The van der Waals surface area contributed by atoms with Crippen molar-refractivity contribution in [3.8, 4) is 0 Å². The van der Waals surface area contributed by atoms with Gasteiger partial charge in [-0.15, -0.1) is 5.10 Å². The summed E-state index contributed by atoms with van der Waals surface area (Å²) in [5, 5.41) is 19.7. The fraction of sp³-hybridized carbons (Fsp3) is 0.412. The van der Waals surface area contributed by atoms with Crippen LogP contribution in [0.3, 0.4) is 0 Å². The summed E-state index contributed by atoms with van der Waals surface area (Å²) in [4.78, 5) is 23.5. The number of amides is 1. The monoisotopic (exact) mass is 346 g/mol. The third kappa shape index (κ3) is 4.20. The fourth-order valence-corrected chi connectivity index (χ4v) is 3.29. The molecule has 8 heteroatoms. The quantitative estimate of drug-likeness (QED) is 0.834. The van der Waals surface area contributed by atoms with E-state index >= 15 is 0 Å². The van der Waals surface area contributed by atoms with Crippen molar-refractivity contribution in [2.45, 2.75) is 44.2 Å². The van der Waals surface area contributed by atoms with Crippen molar-refractivity contribution in [3.63, 3.8) is 0 Å². The topological polar surface area (TPSA) is 97.1 Å². The Morgan fingerprint density at radius 1 is 1.32 bits per heavy atom. The summed E-state index contributed by atoms with van der Waals surface area (Å²) in [6.07, 6.45) is 4.43. The van der Waals surface area contributed by atoms with Gasteiger partial charge in [0.1, 0.15) is 5.82 Å². The molecule has 25 heavy (non-hydrogen) atoms. The number of carbonyl (C=O) groups excluding carboxylic acids is 1. The second-order valence-corrected chi connectivity index (χ2v) is 6.44. The second kappa shape index (κ2) is 7.00. The Labute approximate surface area is 143 Å². The molecule has 3 rings (SSSR count). The van der Waals surface area contributed by atoms with Crippen molar-refractivity contribution in [2.75, 3.05) is 0 Å². The number of halogens is 1. The smallest absolute Gasteiger partial charge is 0.305 e. The molecular formula is C17H19FN4O3. The van der Waals surface area contributed by atoms with Crippen LogP contribution in [0.15, 0.2) is 30.5 Å². The molecule has 0 radical (unpaired) electrons. The van der Waals surface area contributed by atoms with Gasteiger partial charge in [-0.1, -0.05) is 30.2 Å². The molecule has 1 saturated carbocycles. The normalized spacial score (nSPS) is 15.9. The lowest BCUT2D eigenvalue weighted by atomic mass is 9.93. The van der Waals surface area contributed by atoms with Crippen LogP contribution in [0.1, 0.15) is 48.2 Å². The first kappa shape index (κ1) is 17.1. The summed E-state index contributed by atoms with van der Waals surface area (Å²) < 4.78 is 14.7. The van der Waals surface area contributed by atoms with Gasteiger partial charge < -0.3 is 10.4 Å². The van der Waals surface area contributed by atoms with E-state index in [4.69, 9.17) is 5.11 Å². The molecule has 0 atom stereocenters. The third-order valence-electron chi connectivity index (χ3n) is 4.43. The van der Waals surface area contributed by atoms with Gasteiger partial charge in [0, 0.05) is 0 Å². The Kier molecular flexibility index (Phi) is 4.78. The molecule has 0 bridgehead atoms. The van der Waals surface area contributed by atoms with E-state index in [1.165, 1.54) is 23.0 Å². The first-order chi connectivity index (χ1) is 12.0. The fourth-order valence-electron chi connectivity index (χ4n) is 3.29. The molecule has 132 valence electrons. The minimum absolute atomic E-state index is 0.101. The van der Waals surface area contributed by atoms with Crippen LogP contribution < -0.4 is 5.32 Å². The summed E-state index contributed by atoms with van der Waals surface area (Å²) in [7, 11) is 0. The highest BCUT2D eigenvalue weighted by Gasteiger charge is 2.38. The molecule has 1 aliphatic carbocycles. The van der Waals surface area contributed by atoms with Gasteiger partial charge in [-0.25, -0.2) is 9.07 Å². The zero-order chi connectivity index (χ0) is 17.9. The Morgan fingerprint density at radius 2 is 2.08 bits per heavy atom. The maximum absolute atomic E-state index is 13.2. The van der Waals surface area contributed by atoms with E-state index in [-0.39, 0.29) is 24.5 Å². The minimum Gasteiger partial charge on any atom is -0.481 e. The van der Waals surface area contributed by atoms with E-state index < -0.39 is 17.4 Å². The maximum Gasteiger partial charge on any atom is 0.305 e. The number of nitrogens with zero attached hydrogens (tertiary/aromatic N) is 3. The number of carbonyl (C=O) groups is 2. The van der Waals surface area contributed by atoms with E-state index in [0.29, 0.717) is 18.4 Å². The van der Waals surface area contributed by atoms with Crippen molar-refractivity contribution in [1.82, 2.24) is 20.3 Å². The number of aromatic nitrogens is 3. The molecule has 1 fully saturated rings. The lowest BCUT2D eigenvalue weighted by Gasteiger charge is -2.28. The molecule has 2 N–H and O–H groups in total. The number of aliphatic carboxylic acids is 1. The number of rotatable bonds is 6. The van der Waals surface area contributed by atoms with Crippen molar-refractivity contribution in [2.24, 2.45) is 0 Å². The average molecular weight is 346 g/mol. The number of benzene rings is 1. The van der Waals surface area contributed by atoms with Crippen molar-refractivity contribution < 1.29 is 19.1 Å². The minimum atomic E-state index is -0.933. The van der Waals surface area contributed by atoms with Crippen LogP contribution >= 0.6 is 0 Å². The van der Waals surface area contributed by atoms with Crippen LogP contribution in [0.5, 0.6) is 0 Å². The first-order valence-corrected chi connectivity index (χ1v) is 8.15. The molecular weight excluding hydrogens is 327 g/mol. The molecule has 7 nitrogen and oxygen atoms in total. The van der Waals surface area contributed by atoms with Gasteiger partial charge in [0.2, 0.25) is 0 Å². The summed E-state index contributed by atoms with van der Waals surface area (Å²) in [5.41, 5.74) is 0.109. The highest BCUT2D eigenvalue weighted by atomic mass is 19.1. The first-order valence-electron chi connectivity index (χ1n) is 8.15. The van der Waals surface area contributed by atoms with Crippen LogP contribution in [-0.4, -0.2) is 37.5 Å². The zero-order valence-electron chi connectivity index (χ0n) is 13.6. The van der Waals surface area contributed by atoms with Gasteiger partial charge in [0.15, 0.2) is 5.69 Å². The molecule has 1 aromatic heterocycles. The van der Waals surface area contributed by atoms with Crippen LogP contribution in [0.25, 0.3) is 0 Å². The largest absolute Gasteiger partial charge is 0.481 e. The van der Waals surface area contributed by atoms with E-state index in [9.17, 15) is 14.0 Å². The van der Waals surface area contributed by atoms with Gasteiger partial charge >= 0.3 is 5.97 Å². The van der Waals surface area contributed by atoms with Gasteiger partial charge in [0.25, 0.3) is 5.91 Å². The second-order valence-electron chi connectivity index (χ2n) is 6.44. The molecule has 0 aliphatic heterocycles. The number of hydrogen-bond donors (Lipinski definition) is 2. The van der Waals surface area contributed by atoms with Gasteiger partial charge in [-0.05, 0) is 30.5 Å². The third-order valence-corrected chi connectivity index (χ3v) is 4.43. The summed E-state index contributed by atoms with van der Waals surface area (Å²) in [6, 6.07) is 6.10. The van der Waals surface area contributed by atoms with E-state index in [1.807, 2.05) is 0 Å². The number of hydrogen-bond acceptors (Lipinski definition) is 4. The Morgan fingerprint density at radius 3 is 2.76 bits per heavy atom. The highest BCUT2D eigenvalue weighted by Crippen LogP contribution is 2.32. The van der Waals surface area contributed by atoms with E-state index in [1.54, 1.807) is 12.1 Å². The Hall–Kier alpha value is -2.77. The Bertz CT molecular complexity index is 784. The lowest BCUT2D eigenvalue weighted by molar-refractivity contribution is -0.138. The van der Waals surface area contributed by atoms with Crippen molar-refractivity contribution in [3.05, 3.63) is 47.5 Å². The summed E-state index contributed by atoms with van der Waals surface area (Å²) >= 11 is 0. The lowest BCUT2D eigenvalue weighted by Crippen LogP contribution is -2.47. The SMILES string of the molecule is O=C(O)CC1(NC(=O)c2cn(Cc3cccc(F)c3)nn2)CCCC1. The molecule has 2 aromatic rings. The van der Waals surface area contributed by atoms with Crippen LogP contribution in [0.4, 0.5) is 4.39 Å². The molecule has 0 spiro atoms. The Balaban J connectivity index is 1.68. The van der Waals surface area contributed by atoms with Crippen LogP contribution in [0.2, 0.25) is 0 Å². The summed E-state index contributed by atoms with van der Waals surface area (Å²) in [5.74, 6) is -1.71. The van der Waals surface area contributed by atoms with Crippen molar-refractivity contribution >= 4 is 11.9 Å². The molecule has 1 heterocycles. The molecule has 0 unspecified atom stereocenters. The van der Waals surface area contributed by atoms with Crippen LogP contribution in [0, 0.1) is 5.82 Å².